The Hall–Kier alpha value is -1.26. The molecule has 0 bridgehead atoms. The number of rotatable bonds is 3. The lowest BCUT2D eigenvalue weighted by molar-refractivity contribution is -0.240. The summed E-state index contributed by atoms with van der Waals surface area (Å²) in [7, 11) is 1.24. The average molecular weight is 359 g/mol. The van der Waals surface area contributed by atoms with Gasteiger partial charge in [-0.05, 0) is 27.7 Å². The van der Waals surface area contributed by atoms with Crippen LogP contribution < -0.4 is 5.32 Å². The van der Waals surface area contributed by atoms with E-state index in [1.807, 2.05) is 0 Å². The largest absolute Gasteiger partial charge is 0.467 e. The van der Waals surface area contributed by atoms with Gasteiger partial charge in [0.25, 0.3) is 0 Å². The maximum Gasteiger partial charge on any atom is 0.331 e. The Kier molecular flexibility index (Phi) is 4.57. The molecule has 0 aromatic heterocycles. The highest BCUT2D eigenvalue weighted by molar-refractivity contribution is 5.83. The molecular weight excluding hydrogens is 334 g/mol. The van der Waals surface area contributed by atoms with Gasteiger partial charge in [-0.1, -0.05) is 0 Å². The summed E-state index contributed by atoms with van der Waals surface area (Å²) in [5.41, 5.74) is 0. The van der Waals surface area contributed by atoms with Crippen LogP contribution in [0.3, 0.4) is 0 Å². The smallest absolute Gasteiger partial charge is 0.331 e. The summed E-state index contributed by atoms with van der Waals surface area (Å²) >= 11 is 0. The molecule has 6 atom stereocenters. The Labute approximate surface area is 146 Å². The van der Waals surface area contributed by atoms with Crippen LogP contribution in [0.15, 0.2) is 0 Å². The molecule has 3 saturated heterocycles. The van der Waals surface area contributed by atoms with E-state index in [1.165, 1.54) is 14.0 Å². The normalized spacial score (nSPS) is 39.2. The second kappa shape index (κ2) is 6.17. The van der Waals surface area contributed by atoms with Gasteiger partial charge in [0, 0.05) is 6.92 Å². The molecule has 0 spiro atoms. The molecule has 0 saturated carbocycles. The molecule has 3 heterocycles. The second-order valence-electron chi connectivity index (χ2n) is 7.34. The van der Waals surface area contributed by atoms with E-state index >= 15 is 0 Å². The molecular formula is C16H25NO8. The monoisotopic (exact) mass is 359 g/mol. The Morgan fingerprint density at radius 1 is 0.960 bits per heavy atom. The van der Waals surface area contributed by atoms with E-state index < -0.39 is 54.3 Å². The maximum atomic E-state index is 12.2. The highest BCUT2D eigenvalue weighted by atomic mass is 16.9. The van der Waals surface area contributed by atoms with Crippen LogP contribution in [0.1, 0.15) is 34.6 Å². The van der Waals surface area contributed by atoms with Crippen LogP contribution >= 0.6 is 0 Å². The first-order valence-electron chi connectivity index (χ1n) is 8.25. The molecule has 3 rings (SSSR count). The Morgan fingerprint density at radius 3 is 2.12 bits per heavy atom. The summed E-state index contributed by atoms with van der Waals surface area (Å²) in [6.07, 6.45) is -3.25. The molecule has 3 aliphatic heterocycles. The van der Waals surface area contributed by atoms with Crippen LogP contribution in [0.2, 0.25) is 0 Å². The SMILES string of the molecule is COC(=O)[C@@H](NC(C)=O)[C@H]1O[C@@H]2OC(C)(C)O[C@@H]2[C@H]2OC(C)(C)O[C@H]21. The minimum atomic E-state index is -1.05. The third kappa shape index (κ3) is 3.52. The van der Waals surface area contributed by atoms with Crippen molar-refractivity contribution >= 4 is 11.9 Å². The van der Waals surface area contributed by atoms with Crippen molar-refractivity contribution in [2.24, 2.45) is 0 Å². The van der Waals surface area contributed by atoms with Crippen LogP contribution in [0.25, 0.3) is 0 Å². The predicted molar refractivity (Wildman–Crippen MR) is 82.1 cm³/mol. The van der Waals surface area contributed by atoms with Crippen molar-refractivity contribution in [3.05, 3.63) is 0 Å². The third-order valence-electron chi connectivity index (χ3n) is 4.33. The lowest BCUT2D eigenvalue weighted by Crippen LogP contribution is -2.63. The number of carbonyl (C=O) groups excluding carboxylic acids is 2. The molecule has 0 unspecified atom stereocenters. The van der Waals surface area contributed by atoms with Crippen LogP contribution in [-0.4, -0.2) is 67.3 Å². The van der Waals surface area contributed by atoms with E-state index in [1.54, 1.807) is 27.7 Å². The van der Waals surface area contributed by atoms with E-state index in [2.05, 4.69) is 5.32 Å². The molecule has 9 heteroatoms. The number of carbonyl (C=O) groups is 2. The summed E-state index contributed by atoms with van der Waals surface area (Å²) in [4.78, 5) is 23.8. The van der Waals surface area contributed by atoms with E-state index in [9.17, 15) is 9.59 Å². The molecule has 9 nitrogen and oxygen atoms in total. The van der Waals surface area contributed by atoms with Crippen LogP contribution in [0.4, 0.5) is 0 Å². The number of hydrogen-bond acceptors (Lipinski definition) is 8. The van der Waals surface area contributed by atoms with Gasteiger partial charge in [-0.2, -0.15) is 0 Å². The minimum Gasteiger partial charge on any atom is -0.467 e. The zero-order valence-corrected chi connectivity index (χ0v) is 15.2. The molecule has 0 aliphatic carbocycles. The lowest BCUT2D eigenvalue weighted by atomic mass is 9.94. The molecule has 1 amide bonds. The summed E-state index contributed by atoms with van der Waals surface area (Å²) in [6, 6.07) is -1.05. The third-order valence-corrected chi connectivity index (χ3v) is 4.33. The molecule has 25 heavy (non-hydrogen) atoms. The van der Waals surface area contributed by atoms with Gasteiger partial charge < -0.3 is 33.7 Å². The van der Waals surface area contributed by atoms with Crippen LogP contribution in [0, 0.1) is 0 Å². The quantitative estimate of drug-likeness (QED) is 0.706. The van der Waals surface area contributed by atoms with Gasteiger partial charge in [-0.3, -0.25) is 4.79 Å². The number of nitrogens with one attached hydrogen (secondary N) is 1. The van der Waals surface area contributed by atoms with E-state index in [0.29, 0.717) is 0 Å². The molecule has 0 aromatic carbocycles. The maximum absolute atomic E-state index is 12.2. The zero-order chi connectivity index (χ0) is 18.6. The van der Waals surface area contributed by atoms with Gasteiger partial charge in [0.2, 0.25) is 5.91 Å². The number of hydrogen-bond donors (Lipinski definition) is 1. The highest BCUT2D eigenvalue weighted by Gasteiger charge is 2.62. The summed E-state index contributed by atoms with van der Waals surface area (Å²) in [5, 5.41) is 2.57. The van der Waals surface area contributed by atoms with Gasteiger partial charge >= 0.3 is 5.97 Å². The van der Waals surface area contributed by atoms with Gasteiger partial charge in [-0.15, -0.1) is 0 Å². The topological polar surface area (TPSA) is 102 Å². The number of esters is 1. The summed E-state index contributed by atoms with van der Waals surface area (Å²) in [6.45, 7) is 8.39. The van der Waals surface area contributed by atoms with E-state index in [-0.39, 0.29) is 5.91 Å². The fraction of sp³-hybridized carbons (Fsp3) is 0.875. The lowest BCUT2D eigenvalue weighted by Gasteiger charge is -2.39. The fourth-order valence-corrected chi connectivity index (χ4v) is 3.53. The summed E-state index contributed by atoms with van der Waals surface area (Å²) in [5.74, 6) is -2.78. The number of fused-ring (bicyclic) bond motifs is 3. The average Bonchev–Trinajstić information content (AvgIpc) is 2.97. The first-order chi connectivity index (χ1) is 11.5. The van der Waals surface area contributed by atoms with Gasteiger partial charge in [0.1, 0.15) is 24.4 Å². The zero-order valence-electron chi connectivity index (χ0n) is 15.2. The first kappa shape index (κ1) is 18.5. The van der Waals surface area contributed by atoms with Gasteiger partial charge in [0.05, 0.1) is 7.11 Å². The van der Waals surface area contributed by atoms with Gasteiger partial charge in [0.15, 0.2) is 23.9 Å². The molecule has 1 N–H and O–H groups in total. The molecule has 0 radical (unpaired) electrons. The van der Waals surface area contributed by atoms with Crippen molar-refractivity contribution in [1.29, 1.82) is 0 Å². The van der Waals surface area contributed by atoms with Crippen LogP contribution in [0.5, 0.6) is 0 Å². The molecule has 0 aromatic rings. The molecule has 3 fully saturated rings. The van der Waals surface area contributed by atoms with Crippen molar-refractivity contribution in [2.75, 3.05) is 7.11 Å². The van der Waals surface area contributed by atoms with Crippen molar-refractivity contribution in [3.8, 4) is 0 Å². The van der Waals surface area contributed by atoms with Crippen LogP contribution in [-0.2, 0) is 38.0 Å². The molecule has 142 valence electrons. The van der Waals surface area contributed by atoms with Crippen molar-refractivity contribution < 1.29 is 38.0 Å². The Morgan fingerprint density at radius 2 is 1.52 bits per heavy atom. The summed E-state index contributed by atoms with van der Waals surface area (Å²) < 4.78 is 34.4. The first-order valence-corrected chi connectivity index (χ1v) is 8.25. The van der Waals surface area contributed by atoms with Crippen molar-refractivity contribution in [3.63, 3.8) is 0 Å². The van der Waals surface area contributed by atoms with Crippen molar-refractivity contribution in [2.45, 2.75) is 82.9 Å². The number of amides is 1. The van der Waals surface area contributed by atoms with Gasteiger partial charge in [-0.25, -0.2) is 4.79 Å². The Balaban J connectivity index is 1.93. The number of ether oxygens (including phenoxy) is 6. The molecule has 3 aliphatic rings. The highest BCUT2D eigenvalue weighted by Crippen LogP contribution is 2.44. The fourth-order valence-electron chi connectivity index (χ4n) is 3.53. The Bertz CT molecular complexity index is 562. The van der Waals surface area contributed by atoms with Crippen molar-refractivity contribution in [1.82, 2.24) is 5.32 Å². The van der Waals surface area contributed by atoms with E-state index in [0.717, 1.165) is 0 Å². The predicted octanol–water partition coefficient (Wildman–Crippen LogP) is 0.0606. The second-order valence-corrected chi connectivity index (χ2v) is 7.34. The van der Waals surface area contributed by atoms with E-state index in [4.69, 9.17) is 28.4 Å². The minimum absolute atomic E-state index is 0.389. The standard InChI is InChI=1S/C16H25NO8/c1-7(18)17-8(13(19)20-6)9-10-11(23-15(2,3)22-10)12-14(21-9)25-16(4,5)24-12/h8-12,14H,1-6H3,(H,17,18)/t8-,9+,10-,11-,12+,14+/m0/s1. The number of methoxy groups -OCH3 is 1.